The Morgan fingerprint density at radius 2 is 2.25 bits per heavy atom. The molecule has 1 aliphatic rings. The van der Waals surface area contributed by atoms with Crippen LogP contribution in [0, 0.1) is 0 Å². The summed E-state index contributed by atoms with van der Waals surface area (Å²) in [6.07, 6.45) is 4.40. The number of rotatable bonds is 7. The average Bonchev–Trinajstić information content (AvgIpc) is 3.22. The van der Waals surface area contributed by atoms with Gasteiger partial charge in [0.2, 0.25) is 0 Å². The Morgan fingerprint density at radius 3 is 2.90 bits per heavy atom. The van der Waals surface area contributed by atoms with E-state index in [2.05, 4.69) is 29.2 Å². The van der Waals surface area contributed by atoms with Crippen LogP contribution in [0.3, 0.4) is 0 Å². The molecule has 1 fully saturated rings. The number of amides is 1. The van der Waals surface area contributed by atoms with E-state index in [0.717, 1.165) is 31.1 Å². The van der Waals surface area contributed by atoms with Gasteiger partial charge in [-0.2, -0.15) is 0 Å². The second kappa shape index (κ2) is 6.70. The van der Waals surface area contributed by atoms with Crippen molar-refractivity contribution in [1.29, 1.82) is 0 Å². The molecule has 0 aromatic carbocycles. The first-order valence-electron chi connectivity index (χ1n) is 7.35. The van der Waals surface area contributed by atoms with Crippen molar-refractivity contribution in [1.82, 2.24) is 15.2 Å². The van der Waals surface area contributed by atoms with Gasteiger partial charge in [-0.25, -0.2) is 4.98 Å². The lowest BCUT2D eigenvalue weighted by atomic mass is 10.1. The van der Waals surface area contributed by atoms with Crippen LogP contribution in [0.15, 0.2) is 12.1 Å². The molecule has 0 aliphatic heterocycles. The highest BCUT2D eigenvalue weighted by atomic mass is 16.1. The lowest BCUT2D eigenvalue weighted by Gasteiger charge is -2.15. The summed E-state index contributed by atoms with van der Waals surface area (Å²) in [5.74, 6) is 0.344. The van der Waals surface area contributed by atoms with E-state index in [4.69, 9.17) is 5.73 Å². The summed E-state index contributed by atoms with van der Waals surface area (Å²) >= 11 is 0. The summed E-state index contributed by atoms with van der Waals surface area (Å²) in [5, 5.41) is 2.95. The van der Waals surface area contributed by atoms with Gasteiger partial charge in [-0.05, 0) is 38.4 Å². The fourth-order valence-corrected chi connectivity index (χ4v) is 2.27. The molecule has 5 heteroatoms. The minimum atomic E-state index is -0.0688. The van der Waals surface area contributed by atoms with Gasteiger partial charge in [-0.1, -0.05) is 13.3 Å². The van der Waals surface area contributed by atoms with Crippen molar-refractivity contribution < 1.29 is 4.79 Å². The number of nitrogens with two attached hydrogens (primary N) is 1. The number of pyridine rings is 1. The average molecular weight is 276 g/mol. The van der Waals surface area contributed by atoms with E-state index in [1.807, 2.05) is 6.07 Å². The number of carbonyl (C=O) groups excluding carboxylic acids is 1. The van der Waals surface area contributed by atoms with Crippen molar-refractivity contribution in [2.75, 3.05) is 25.9 Å². The third-order valence-corrected chi connectivity index (χ3v) is 3.59. The maximum Gasteiger partial charge on any atom is 0.251 e. The lowest BCUT2D eigenvalue weighted by Crippen LogP contribution is -2.34. The van der Waals surface area contributed by atoms with E-state index in [0.29, 0.717) is 17.9 Å². The Morgan fingerprint density at radius 1 is 1.50 bits per heavy atom. The maximum absolute atomic E-state index is 12.1. The van der Waals surface area contributed by atoms with E-state index < -0.39 is 0 Å². The van der Waals surface area contributed by atoms with Crippen LogP contribution in [0.5, 0.6) is 0 Å². The number of anilines is 1. The lowest BCUT2D eigenvalue weighted by molar-refractivity contribution is 0.0949. The van der Waals surface area contributed by atoms with Gasteiger partial charge in [0.15, 0.2) is 0 Å². The molecular weight excluding hydrogens is 252 g/mol. The minimum Gasteiger partial charge on any atom is -0.384 e. The van der Waals surface area contributed by atoms with E-state index in [1.165, 1.54) is 12.8 Å². The molecule has 5 nitrogen and oxygen atoms in total. The molecule has 1 aromatic rings. The second-order valence-corrected chi connectivity index (χ2v) is 5.49. The molecule has 1 aromatic heterocycles. The molecule has 0 unspecified atom stereocenters. The van der Waals surface area contributed by atoms with Crippen LogP contribution >= 0.6 is 0 Å². The third-order valence-electron chi connectivity index (χ3n) is 3.59. The monoisotopic (exact) mass is 276 g/mol. The molecule has 0 spiro atoms. The molecule has 1 saturated carbocycles. The molecule has 0 bridgehead atoms. The summed E-state index contributed by atoms with van der Waals surface area (Å²) in [6, 6.07) is 4.19. The van der Waals surface area contributed by atoms with Gasteiger partial charge < -0.3 is 16.0 Å². The molecule has 1 aliphatic carbocycles. The van der Waals surface area contributed by atoms with Gasteiger partial charge in [0.1, 0.15) is 5.82 Å². The highest BCUT2D eigenvalue weighted by molar-refractivity contribution is 5.94. The van der Waals surface area contributed by atoms with Crippen molar-refractivity contribution in [2.24, 2.45) is 0 Å². The number of carbonyl (C=O) groups is 1. The number of hydrogen-bond donors (Lipinski definition) is 2. The van der Waals surface area contributed by atoms with Crippen LogP contribution in [0.4, 0.5) is 5.82 Å². The van der Waals surface area contributed by atoms with Crippen molar-refractivity contribution in [3.8, 4) is 0 Å². The fraction of sp³-hybridized carbons (Fsp3) is 0.600. The van der Waals surface area contributed by atoms with Crippen LogP contribution in [0.2, 0.25) is 0 Å². The Hall–Kier alpha value is -1.62. The van der Waals surface area contributed by atoms with Crippen LogP contribution in [0.1, 0.15) is 42.2 Å². The molecule has 20 heavy (non-hydrogen) atoms. The zero-order chi connectivity index (χ0) is 14.5. The van der Waals surface area contributed by atoms with Crippen LogP contribution in [-0.2, 0) is 6.42 Å². The number of likely N-dealkylation sites (N-methyl/N-ethyl adjacent to an activating group) is 1. The van der Waals surface area contributed by atoms with E-state index in [9.17, 15) is 4.79 Å². The largest absolute Gasteiger partial charge is 0.384 e. The van der Waals surface area contributed by atoms with Crippen molar-refractivity contribution in [3.63, 3.8) is 0 Å². The number of aryl methyl sites for hydroxylation is 1. The zero-order valence-electron chi connectivity index (χ0n) is 12.4. The molecule has 2 rings (SSSR count). The molecule has 110 valence electrons. The first kappa shape index (κ1) is 14.8. The quantitative estimate of drug-likeness (QED) is 0.790. The summed E-state index contributed by atoms with van der Waals surface area (Å²) in [7, 11) is 2.10. The molecule has 0 saturated heterocycles. The molecule has 1 heterocycles. The predicted molar refractivity (Wildman–Crippen MR) is 80.6 cm³/mol. The van der Waals surface area contributed by atoms with Crippen molar-refractivity contribution in [3.05, 3.63) is 23.4 Å². The predicted octanol–water partition coefficient (Wildman–Crippen LogP) is 1.44. The third kappa shape index (κ3) is 4.20. The molecule has 0 atom stereocenters. The van der Waals surface area contributed by atoms with Gasteiger partial charge in [0.05, 0.1) is 0 Å². The van der Waals surface area contributed by atoms with Gasteiger partial charge in [0, 0.05) is 30.4 Å². The summed E-state index contributed by atoms with van der Waals surface area (Å²) < 4.78 is 0. The highest BCUT2D eigenvalue weighted by Crippen LogP contribution is 2.24. The number of aromatic nitrogens is 1. The Kier molecular flexibility index (Phi) is 4.95. The Labute approximate surface area is 120 Å². The number of nitrogens with one attached hydrogen (secondary N) is 1. The van der Waals surface area contributed by atoms with Crippen LogP contribution < -0.4 is 11.1 Å². The Bertz CT molecular complexity index is 471. The first-order chi connectivity index (χ1) is 9.60. The minimum absolute atomic E-state index is 0.0688. The second-order valence-electron chi connectivity index (χ2n) is 5.49. The molecule has 0 radical (unpaired) electrons. The van der Waals surface area contributed by atoms with E-state index in [1.54, 1.807) is 6.07 Å². The van der Waals surface area contributed by atoms with Gasteiger partial charge in [-0.15, -0.1) is 0 Å². The summed E-state index contributed by atoms with van der Waals surface area (Å²) in [4.78, 5) is 18.6. The smallest absolute Gasteiger partial charge is 0.251 e. The molecule has 3 N–H and O–H groups in total. The van der Waals surface area contributed by atoms with Crippen LogP contribution in [0.25, 0.3) is 0 Å². The zero-order valence-corrected chi connectivity index (χ0v) is 12.4. The van der Waals surface area contributed by atoms with Crippen molar-refractivity contribution in [2.45, 2.75) is 38.6 Å². The summed E-state index contributed by atoms with van der Waals surface area (Å²) in [5.41, 5.74) is 7.24. The van der Waals surface area contributed by atoms with Crippen molar-refractivity contribution >= 4 is 11.7 Å². The fourth-order valence-electron chi connectivity index (χ4n) is 2.27. The normalized spacial score (nSPS) is 14.6. The topological polar surface area (TPSA) is 71.2 Å². The molecule has 1 amide bonds. The number of nitrogen functional groups attached to an aromatic ring is 1. The maximum atomic E-state index is 12.1. The van der Waals surface area contributed by atoms with E-state index in [-0.39, 0.29) is 5.91 Å². The number of hydrogen-bond acceptors (Lipinski definition) is 4. The standard InChI is InChI=1S/C15H24N4O/c1-3-4-12-9-11(10-14(16)18-12)15(20)17-7-8-19(2)13-5-6-13/h9-10,13H,3-8H2,1-2H3,(H2,16,18)(H,17,20). The summed E-state index contributed by atoms with van der Waals surface area (Å²) in [6.45, 7) is 3.63. The SMILES string of the molecule is CCCc1cc(C(=O)NCCN(C)C2CC2)cc(N)n1. The van der Waals surface area contributed by atoms with Gasteiger partial charge >= 0.3 is 0 Å². The number of nitrogens with zero attached hydrogens (tertiary/aromatic N) is 2. The highest BCUT2D eigenvalue weighted by Gasteiger charge is 2.25. The van der Waals surface area contributed by atoms with Crippen LogP contribution in [-0.4, -0.2) is 42.0 Å². The van der Waals surface area contributed by atoms with Gasteiger partial charge in [-0.3, -0.25) is 4.79 Å². The Balaban J connectivity index is 1.87. The van der Waals surface area contributed by atoms with Gasteiger partial charge in [0.25, 0.3) is 5.91 Å². The molecular formula is C15H24N4O. The first-order valence-corrected chi connectivity index (χ1v) is 7.35. The van der Waals surface area contributed by atoms with E-state index >= 15 is 0 Å².